The maximum atomic E-state index is 11.9. The second-order valence-corrected chi connectivity index (χ2v) is 6.64. The number of sulfone groups is 1. The quantitative estimate of drug-likeness (QED) is 0.907. The second kappa shape index (κ2) is 6.49. The van der Waals surface area contributed by atoms with E-state index in [9.17, 15) is 13.2 Å². The van der Waals surface area contributed by atoms with E-state index in [1.165, 1.54) is 24.3 Å². The summed E-state index contributed by atoms with van der Waals surface area (Å²) in [4.78, 5) is 16.3. The summed E-state index contributed by atoms with van der Waals surface area (Å²) in [6, 6.07) is 11.5. The molecule has 0 saturated carbocycles. The lowest BCUT2D eigenvalue weighted by Gasteiger charge is -2.05. The van der Waals surface area contributed by atoms with Crippen molar-refractivity contribution in [2.24, 2.45) is 0 Å². The van der Waals surface area contributed by atoms with Gasteiger partial charge in [0.15, 0.2) is 9.84 Å². The summed E-state index contributed by atoms with van der Waals surface area (Å²) < 4.78 is 22.7. The SMILES string of the molecule is CS(=O)(=O)c1ccc(C(=O)NCCc2ccccn2)cc1. The Labute approximate surface area is 124 Å². The van der Waals surface area contributed by atoms with Gasteiger partial charge in [0, 0.05) is 36.7 Å². The van der Waals surface area contributed by atoms with Gasteiger partial charge in [0.25, 0.3) is 5.91 Å². The minimum atomic E-state index is -3.24. The number of pyridine rings is 1. The molecule has 0 bridgehead atoms. The lowest BCUT2D eigenvalue weighted by Crippen LogP contribution is -2.25. The lowest BCUT2D eigenvalue weighted by molar-refractivity contribution is 0.0954. The molecule has 110 valence electrons. The largest absolute Gasteiger partial charge is 0.352 e. The Bertz CT molecular complexity index is 710. The predicted molar refractivity (Wildman–Crippen MR) is 79.8 cm³/mol. The smallest absolute Gasteiger partial charge is 0.251 e. The van der Waals surface area contributed by atoms with Crippen molar-refractivity contribution in [3.63, 3.8) is 0 Å². The molecule has 0 spiro atoms. The fraction of sp³-hybridized carbons (Fsp3) is 0.200. The molecule has 0 fully saturated rings. The first-order chi connectivity index (χ1) is 9.97. The molecular weight excluding hydrogens is 288 g/mol. The molecule has 1 N–H and O–H groups in total. The lowest BCUT2D eigenvalue weighted by atomic mass is 10.2. The van der Waals surface area contributed by atoms with E-state index in [-0.39, 0.29) is 10.8 Å². The second-order valence-electron chi connectivity index (χ2n) is 4.62. The van der Waals surface area contributed by atoms with Crippen LogP contribution in [0.5, 0.6) is 0 Å². The molecule has 2 rings (SSSR count). The first-order valence-corrected chi connectivity index (χ1v) is 8.34. The van der Waals surface area contributed by atoms with Crippen molar-refractivity contribution in [1.82, 2.24) is 10.3 Å². The van der Waals surface area contributed by atoms with Gasteiger partial charge in [0.05, 0.1) is 4.90 Å². The van der Waals surface area contributed by atoms with Crippen molar-refractivity contribution in [3.05, 3.63) is 59.9 Å². The number of carbonyl (C=O) groups is 1. The van der Waals surface area contributed by atoms with Crippen LogP contribution >= 0.6 is 0 Å². The molecule has 0 saturated heterocycles. The number of rotatable bonds is 5. The highest BCUT2D eigenvalue weighted by Gasteiger charge is 2.09. The highest BCUT2D eigenvalue weighted by Crippen LogP contribution is 2.10. The molecule has 0 aliphatic rings. The Morgan fingerprint density at radius 1 is 1.14 bits per heavy atom. The number of nitrogens with zero attached hydrogens (tertiary/aromatic N) is 1. The van der Waals surface area contributed by atoms with E-state index >= 15 is 0 Å². The standard InChI is InChI=1S/C15H16N2O3S/c1-21(19,20)14-7-5-12(6-8-14)15(18)17-11-9-13-4-2-3-10-16-13/h2-8,10H,9,11H2,1H3,(H,17,18). The molecule has 5 nitrogen and oxygen atoms in total. The molecule has 0 unspecified atom stereocenters. The number of amides is 1. The summed E-state index contributed by atoms with van der Waals surface area (Å²) in [5.74, 6) is -0.231. The van der Waals surface area contributed by atoms with Crippen LogP contribution in [0, 0.1) is 0 Å². The van der Waals surface area contributed by atoms with Gasteiger partial charge in [-0.25, -0.2) is 8.42 Å². The summed E-state index contributed by atoms with van der Waals surface area (Å²) in [6.07, 6.45) is 3.49. The van der Waals surface area contributed by atoms with Crippen molar-refractivity contribution in [1.29, 1.82) is 0 Å². The molecule has 0 aliphatic heterocycles. The van der Waals surface area contributed by atoms with Gasteiger partial charge in [-0.1, -0.05) is 6.07 Å². The summed E-state index contributed by atoms with van der Waals surface area (Å²) in [5.41, 5.74) is 1.34. The minimum absolute atomic E-state index is 0.201. The van der Waals surface area contributed by atoms with Gasteiger partial charge in [-0.05, 0) is 36.4 Å². The van der Waals surface area contributed by atoms with E-state index in [0.29, 0.717) is 18.5 Å². The Hall–Kier alpha value is -2.21. The summed E-state index contributed by atoms with van der Waals surface area (Å²) in [6.45, 7) is 0.476. The molecular formula is C15H16N2O3S. The third-order valence-electron chi connectivity index (χ3n) is 2.94. The van der Waals surface area contributed by atoms with Gasteiger partial charge in [-0.3, -0.25) is 9.78 Å². The molecule has 1 aromatic heterocycles. The first kappa shape index (κ1) is 15.2. The topological polar surface area (TPSA) is 76.1 Å². The van der Waals surface area contributed by atoms with Gasteiger partial charge < -0.3 is 5.32 Å². The van der Waals surface area contributed by atoms with Crippen LogP contribution in [0.4, 0.5) is 0 Å². The van der Waals surface area contributed by atoms with Crippen molar-refractivity contribution >= 4 is 15.7 Å². The molecule has 6 heteroatoms. The molecule has 0 atom stereocenters. The van der Waals surface area contributed by atoms with Crippen LogP contribution in [0.2, 0.25) is 0 Å². The Kier molecular flexibility index (Phi) is 4.70. The number of nitrogens with one attached hydrogen (secondary N) is 1. The van der Waals surface area contributed by atoms with Crippen LogP contribution in [0.1, 0.15) is 16.1 Å². The Morgan fingerprint density at radius 3 is 2.43 bits per heavy atom. The molecule has 21 heavy (non-hydrogen) atoms. The third-order valence-corrected chi connectivity index (χ3v) is 4.07. The van der Waals surface area contributed by atoms with Crippen molar-refractivity contribution in [2.45, 2.75) is 11.3 Å². The number of aromatic nitrogens is 1. The molecule has 0 radical (unpaired) electrons. The van der Waals surface area contributed by atoms with E-state index in [2.05, 4.69) is 10.3 Å². The van der Waals surface area contributed by atoms with Crippen molar-refractivity contribution < 1.29 is 13.2 Å². The van der Waals surface area contributed by atoms with Crippen LogP contribution in [-0.4, -0.2) is 32.1 Å². The third kappa shape index (κ3) is 4.39. The zero-order valence-electron chi connectivity index (χ0n) is 11.6. The fourth-order valence-electron chi connectivity index (χ4n) is 1.81. The number of hydrogen-bond donors (Lipinski definition) is 1. The predicted octanol–water partition coefficient (Wildman–Crippen LogP) is 1.46. The molecule has 0 aliphatic carbocycles. The monoisotopic (exact) mass is 304 g/mol. The van der Waals surface area contributed by atoms with Crippen molar-refractivity contribution in [2.75, 3.05) is 12.8 Å². The van der Waals surface area contributed by atoms with E-state index < -0.39 is 9.84 Å². The summed E-state index contributed by atoms with van der Waals surface area (Å²) in [5, 5.41) is 2.78. The van der Waals surface area contributed by atoms with Gasteiger partial charge in [0.2, 0.25) is 0 Å². The number of benzene rings is 1. The minimum Gasteiger partial charge on any atom is -0.352 e. The highest BCUT2D eigenvalue weighted by molar-refractivity contribution is 7.90. The normalized spacial score (nSPS) is 11.1. The van der Waals surface area contributed by atoms with Crippen molar-refractivity contribution in [3.8, 4) is 0 Å². The van der Waals surface area contributed by atoms with Gasteiger partial charge in [0.1, 0.15) is 0 Å². The highest BCUT2D eigenvalue weighted by atomic mass is 32.2. The Balaban J connectivity index is 1.92. The maximum absolute atomic E-state index is 11.9. The first-order valence-electron chi connectivity index (χ1n) is 6.45. The maximum Gasteiger partial charge on any atom is 0.251 e. The van der Waals surface area contributed by atoms with Gasteiger partial charge in [-0.2, -0.15) is 0 Å². The van der Waals surface area contributed by atoms with E-state index in [1.54, 1.807) is 6.20 Å². The zero-order chi connectivity index (χ0) is 15.3. The molecule has 1 heterocycles. The average molecular weight is 304 g/mol. The summed E-state index contributed by atoms with van der Waals surface area (Å²) in [7, 11) is -3.24. The van der Waals surface area contributed by atoms with Crippen LogP contribution < -0.4 is 5.32 Å². The average Bonchev–Trinajstić information content (AvgIpc) is 2.47. The Morgan fingerprint density at radius 2 is 1.86 bits per heavy atom. The molecule has 1 aromatic carbocycles. The van der Waals surface area contributed by atoms with Gasteiger partial charge >= 0.3 is 0 Å². The van der Waals surface area contributed by atoms with Crippen LogP contribution in [-0.2, 0) is 16.3 Å². The van der Waals surface area contributed by atoms with Crippen LogP contribution in [0.3, 0.4) is 0 Å². The zero-order valence-corrected chi connectivity index (χ0v) is 12.4. The summed E-state index contributed by atoms with van der Waals surface area (Å²) >= 11 is 0. The van der Waals surface area contributed by atoms with Crippen LogP contribution in [0.15, 0.2) is 53.6 Å². The van der Waals surface area contributed by atoms with E-state index in [1.807, 2.05) is 18.2 Å². The number of carbonyl (C=O) groups excluding carboxylic acids is 1. The molecule has 1 amide bonds. The van der Waals surface area contributed by atoms with Crippen LogP contribution in [0.25, 0.3) is 0 Å². The molecule has 2 aromatic rings. The number of hydrogen-bond acceptors (Lipinski definition) is 4. The van der Waals surface area contributed by atoms with Gasteiger partial charge in [-0.15, -0.1) is 0 Å². The van der Waals surface area contributed by atoms with E-state index in [0.717, 1.165) is 11.9 Å². The van der Waals surface area contributed by atoms with E-state index in [4.69, 9.17) is 0 Å². The fourth-order valence-corrected chi connectivity index (χ4v) is 2.44.